The molecule has 2 N–H and O–H groups in total. The van der Waals surface area contributed by atoms with Crippen molar-refractivity contribution in [2.45, 2.75) is 38.1 Å². The third-order valence-corrected chi connectivity index (χ3v) is 6.64. The maximum absolute atomic E-state index is 12.8. The van der Waals surface area contributed by atoms with E-state index >= 15 is 0 Å². The quantitative estimate of drug-likeness (QED) is 0.525. The molecule has 31 heavy (non-hydrogen) atoms. The minimum absolute atomic E-state index is 0.000354. The molecule has 0 aliphatic rings. The van der Waals surface area contributed by atoms with Crippen LogP contribution in [0.15, 0.2) is 41.3 Å². The van der Waals surface area contributed by atoms with Gasteiger partial charge in [-0.3, -0.25) is 14.2 Å². The number of anilines is 2. The number of carbonyl (C=O) groups is 1. The summed E-state index contributed by atoms with van der Waals surface area (Å²) < 4.78 is 28.9. The lowest BCUT2D eigenvalue weighted by atomic mass is 10.2. The van der Waals surface area contributed by atoms with Gasteiger partial charge in [0.1, 0.15) is 6.04 Å². The first kappa shape index (κ1) is 23.0. The first-order valence-corrected chi connectivity index (χ1v) is 11.5. The van der Waals surface area contributed by atoms with Gasteiger partial charge in [0.2, 0.25) is 5.91 Å². The minimum Gasteiger partial charge on any atom is -0.324 e. The van der Waals surface area contributed by atoms with Gasteiger partial charge in [-0.2, -0.15) is 5.10 Å². The molecule has 9 nitrogen and oxygen atoms in total. The highest BCUT2D eigenvalue weighted by Crippen LogP contribution is 2.25. The average molecular weight is 483 g/mol. The molecule has 2 heterocycles. The second-order valence-electron chi connectivity index (χ2n) is 6.71. The molecule has 0 aliphatic carbocycles. The van der Waals surface area contributed by atoms with E-state index in [4.69, 9.17) is 23.2 Å². The molecule has 2 aromatic heterocycles. The van der Waals surface area contributed by atoms with Crippen LogP contribution in [0, 0.1) is 13.8 Å². The third-order valence-electron chi connectivity index (χ3n) is 4.52. The lowest BCUT2D eigenvalue weighted by molar-refractivity contribution is -0.119. The Balaban J connectivity index is 1.74. The second kappa shape index (κ2) is 9.21. The summed E-state index contributed by atoms with van der Waals surface area (Å²) in [7, 11) is -3.88. The number of nitrogens with one attached hydrogen (secondary N) is 2. The number of hydrogen-bond acceptors (Lipinski definition) is 6. The van der Waals surface area contributed by atoms with Gasteiger partial charge in [0, 0.05) is 5.69 Å². The van der Waals surface area contributed by atoms with Crippen LogP contribution in [0.3, 0.4) is 0 Å². The van der Waals surface area contributed by atoms with Gasteiger partial charge < -0.3 is 5.32 Å². The van der Waals surface area contributed by atoms with Crippen LogP contribution in [0.1, 0.15) is 30.8 Å². The van der Waals surface area contributed by atoms with E-state index in [1.165, 1.54) is 36.4 Å². The van der Waals surface area contributed by atoms with Crippen LogP contribution in [0.5, 0.6) is 0 Å². The largest absolute Gasteiger partial charge is 0.324 e. The number of aryl methyl sites for hydroxylation is 1. The summed E-state index contributed by atoms with van der Waals surface area (Å²) in [5.74, 6) is -0.244. The van der Waals surface area contributed by atoms with Gasteiger partial charge in [0.15, 0.2) is 11.0 Å². The van der Waals surface area contributed by atoms with Gasteiger partial charge in [0.05, 0.1) is 21.3 Å². The summed E-state index contributed by atoms with van der Waals surface area (Å²) in [5.41, 5.74) is 1.80. The number of rotatable bonds is 7. The topological polar surface area (TPSA) is 119 Å². The molecular formula is C19H20Cl2N6O3S. The SMILES string of the molecule is CCC(C(=O)Nc1ccc(S(=O)(=O)Nc2ccc(Cl)nn2)cc1)n1nc(C)c(Cl)c1C. The second-order valence-corrected chi connectivity index (χ2v) is 9.16. The van der Waals surface area contributed by atoms with E-state index in [1.807, 2.05) is 6.92 Å². The van der Waals surface area contributed by atoms with Crippen molar-refractivity contribution in [3.05, 3.63) is 58.0 Å². The number of sulfonamides is 1. The van der Waals surface area contributed by atoms with Crippen LogP contribution >= 0.6 is 23.2 Å². The fraction of sp³-hybridized carbons (Fsp3) is 0.263. The monoisotopic (exact) mass is 482 g/mol. The zero-order chi connectivity index (χ0) is 22.8. The summed E-state index contributed by atoms with van der Waals surface area (Å²) >= 11 is 11.8. The maximum atomic E-state index is 12.8. The van der Waals surface area contributed by atoms with Crippen molar-refractivity contribution < 1.29 is 13.2 Å². The Morgan fingerprint density at radius 2 is 1.77 bits per heavy atom. The number of halogens is 2. The Bertz CT molecular complexity index is 1190. The number of amides is 1. The van der Waals surface area contributed by atoms with Crippen LogP contribution in [-0.2, 0) is 14.8 Å². The molecule has 0 spiro atoms. The van der Waals surface area contributed by atoms with E-state index in [0.717, 1.165) is 0 Å². The highest BCUT2D eigenvalue weighted by Gasteiger charge is 2.23. The van der Waals surface area contributed by atoms with Gasteiger partial charge in [-0.1, -0.05) is 30.1 Å². The number of hydrogen-bond donors (Lipinski definition) is 2. The molecule has 0 aliphatic heterocycles. The molecule has 0 radical (unpaired) electrons. The van der Waals surface area contributed by atoms with Crippen molar-refractivity contribution >= 4 is 50.6 Å². The van der Waals surface area contributed by atoms with Crippen molar-refractivity contribution in [2.75, 3.05) is 10.0 Å². The summed E-state index contributed by atoms with van der Waals surface area (Å²) in [4.78, 5) is 12.8. The van der Waals surface area contributed by atoms with E-state index in [2.05, 4.69) is 25.3 Å². The lowest BCUT2D eigenvalue weighted by Gasteiger charge is -2.17. The number of benzene rings is 1. The number of nitrogens with zero attached hydrogens (tertiary/aromatic N) is 4. The van der Waals surface area contributed by atoms with Crippen LogP contribution in [0.4, 0.5) is 11.5 Å². The molecule has 164 valence electrons. The zero-order valence-electron chi connectivity index (χ0n) is 16.9. The van der Waals surface area contributed by atoms with Crippen molar-refractivity contribution in [3.8, 4) is 0 Å². The van der Waals surface area contributed by atoms with E-state index in [9.17, 15) is 13.2 Å². The summed E-state index contributed by atoms with van der Waals surface area (Å²) in [5, 5.41) is 15.1. The molecular weight excluding hydrogens is 463 g/mol. The molecule has 0 saturated heterocycles. The van der Waals surface area contributed by atoms with Gasteiger partial charge >= 0.3 is 0 Å². The van der Waals surface area contributed by atoms with Gasteiger partial charge in [-0.05, 0) is 56.7 Å². The standard InChI is InChI=1S/C19H20Cl2N6O3S/c1-4-15(27-12(3)18(21)11(2)25-27)19(28)22-13-5-7-14(8-6-13)31(29,30)26-17-10-9-16(20)23-24-17/h5-10,15H,4H2,1-3H3,(H,22,28)(H,24,26). The Hall–Kier alpha value is -2.69. The minimum atomic E-state index is -3.88. The average Bonchev–Trinajstić information content (AvgIpc) is 2.98. The summed E-state index contributed by atoms with van der Waals surface area (Å²) in [6.07, 6.45) is 0.503. The van der Waals surface area contributed by atoms with Crippen molar-refractivity contribution in [1.82, 2.24) is 20.0 Å². The van der Waals surface area contributed by atoms with Crippen LogP contribution in [-0.4, -0.2) is 34.3 Å². The molecule has 12 heteroatoms. The maximum Gasteiger partial charge on any atom is 0.263 e. The van der Waals surface area contributed by atoms with Crippen LogP contribution in [0.2, 0.25) is 10.2 Å². The highest BCUT2D eigenvalue weighted by molar-refractivity contribution is 7.92. The highest BCUT2D eigenvalue weighted by atomic mass is 35.5. The number of carbonyl (C=O) groups excluding carboxylic acids is 1. The molecule has 1 amide bonds. The van der Waals surface area contributed by atoms with Crippen LogP contribution < -0.4 is 10.0 Å². The Morgan fingerprint density at radius 3 is 2.29 bits per heavy atom. The Kier molecular flexibility index (Phi) is 6.83. The van der Waals surface area contributed by atoms with Gasteiger partial charge in [-0.25, -0.2) is 8.42 Å². The fourth-order valence-corrected chi connectivity index (χ4v) is 4.15. The molecule has 0 fully saturated rings. The third kappa shape index (κ3) is 5.15. The first-order chi connectivity index (χ1) is 14.6. The van der Waals surface area contributed by atoms with Gasteiger partial charge in [0.25, 0.3) is 10.0 Å². The first-order valence-electron chi connectivity index (χ1n) is 9.26. The van der Waals surface area contributed by atoms with E-state index in [-0.39, 0.29) is 21.8 Å². The Labute approximate surface area is 189 Å². The molecule has 1 aromatic carbocycles. The predicted molar refractivity (Wildman–Crippen MR) is 119 cm³/mol. The molecule has 0 saturated carbocycles. The molecule has 3 rings (SSSR count). The predicted octanol–water partition coefficient (Wildman–Crippen LogP) is 3.99. The normalized spacial score (nSPS) is 12.4. The smallest absolute Gasteiger partial charge is 0.263 e. The summed E-state index contributed by atoms with van der Waals surface area (Å²) in [6.45, 7) is 5.45. The molecule has 3 aromatic rings. The summed E-state index contributed by atoms with van der Waals surface area (Å²) in [6, 6.07) is 8.02. The van der Waals surface area contributed by atoms with Crippen LogP contribution in [0.25, 0.3) is 0 Å². The zero-order valence-corrected chi connectivity index (χ0v) is 19.3. The van der Waals surface area contributed by atoms with Gasteiger partial charge in [-0.15, -0.1) is 10.2 Å². The van der Waals surface area contributed by atoms with Crippen molar-refractivity contribution in [3.63, 3.8) is 0 Å². The molecule has 1 unspecified atom stereocenters. The van der Waals surface area contributed by atoms with Crippen molar-refractivity contribution in [1.29, 1.82) is 0 Å². The Morgan fingerprint density at radius 1 is 1.10 bits per heavy atom. The number of aromatic nitrogens is 4. The molecule has 0 bridgehead atoms. The van der Waals surface area contributed by atoms with Crippen molar-refractivity contribution in [2.24, 2.45) is 0 Å². The van der Waals surface area contributed by atoms with E-state index < -0.39 is 16.1 Å². The lowest BCUT2D eigenvalue weighted by Crippen LogP contribution is -2.27. The fourth-order valence-electron chi connectivity index (χ4n) is 2.93. The van der Waals surface area contributed by atoms with E-state index in [0.29, 0.717) is 28.5 Å². The molecule has 1 atom stereocenters. The van der Waals surface area contributed by atoms with E-state index in [1.54, 1.807) is 18.5 Å².